The number of thiophene rings is 1. The van der Waals surface area contributed by atoms with Gasteiger partial charge in [0.25, 0.3) is 5.24 Å². The van der Waals surface area contributed by atoms with Gasteiger partial charge in [-0.15, -0.1) is 11.3 Å². The highest BCUT2D eigenvalue weighted by atomic mass is 35.5. The van der Waals surface area contributed by atoms with Crippen molar-refractivity contribution in [2.24, 2.45) is 0 Å². The first kappa shape index (κ1) is 8.75. The Bertz CT molecular complexity index is 265. The molecule has 0 bridgehead atoms. The molecular formula is C8H9ClOS. The Kier molecular flexibility index (Phi) is 2.68. The van der Waals surface area contributed by atoms with Crippen LogP contribution >= 0.6 is 22.9 Å². The Hall–Kier alpha value is -0.340. The fourth-order valence-corrected chi connectivity index (χ4v) is 1.84. The standard InChI is InChI=1S/C8H9ClOS/c1-5(2)7-3-6(4-11-7)8(9)10/h3-5H,1-2H3. The molecule has 1 nitrogen and oxygen atoms in total. The second kappa shape index (κ2) is 3.37. The van der Waals surface area contributed by atoms with Crippen molar-refractivity contribution in [3.8, 4) is 0 Å². The van der Waals surface area contributed by atoms with Crippen molar-refractivity contribution < 1.29 is 4.79 Å². The molecule has 1 heterocycles. The SMILES string of the molecule is CC(C)c1cc(C(=O)Cl)cs1. The second-order valence-electron chi connectivity index (χ2n) is 2.67. The molecule has 0 aromatic carbocycles. The van der Waals surface area contributed by atoms with E-state index in [0.29, 0.717) is 11.5 Å². The van der Waals surface area contributed by atoms with E-state index < -0.39 is 0 Å². The van der Waals surface area contributed by atoms with E-state index in [9.17, 15) is 4.79 Å². The van der Waals surface area contributed by atoms with Gasteiger partial charge in [-0.25, -0.2) is 0 Å². The number of halogens is 1. The number of carbonyl (C=O) groups excluding carboxylic acids is 1. The maximum Gasteiger partial charge on any atom is 0.253 e. The lowest BCUT2D eigenvalue weighted by Gasteiger charge is -1.96. The van der Waals surface area contributed by atoms with E-state index in [0.717, 1.165) is 0 Å². The summed E-state index contributed by atoms with van der Waals surface area (Å²) in [5.74, 6) is 0.477. The van der Waals surface area contributed by atoms with Crippen molar-refractivity contribution in [3.63, 3.8) is 0 Å². The molecule has 0 aliphatic heterocycles. The summed E-state index contributed by atoms with van der Waals surface area (Å²) in [5, 5.41) is 1.43. The van der Waals surface area contributed by atoms with Gasteiger partial charge in [-0.1, -0.05) is 13.8 Å². The first-order chi connectivity index (χ1) is 5.11. The minimum Gasteiger partial charge on any atom is -0.276 e. The first-order valence-electron chi connectivity index (χ1n) is 3.39. The molecule has 0 aliphatic rings. The van der Waals surface area contributed by atoms with Crippen molar-refractivity contribution in [1.29, 1.82) is 0 Å². The molecule has 0 amide bonds. The summed E-state index contributed by atoms with van der Waals surface area (Å²) >= 11 is 6.87. The summed E-state index contributed by atoms with van der Waals surface area (Å²) in [6.07, 6.45) is 0. The van der Waals surface area contributed by atoms with Gasteiger partial charge in [-0.2, -0.15) is 0 Å². The molecule has 0 spiro atoms. The van der Waals surface area contributed by atoms with Crippen molar-refractivity contribution in [1.82, 2.24) is 0 Å². The summed E-state index contributed by atoms with van der Waals surface area (Å²) in [6, 6.07) is 1.85. The lowest BCUT2D eigenvalue weighted by Crippen LogP contribution is -1.84. The molecule has 0 atom stereocenters. The zero-order chi connectivity index (χ0) is 8.43. The molecule has 0 saturated heterocycles. The van der Waals surface area contributed by atoms with Gasteiger partial charge in [0.15, 0.2) is 0 Å². The van der Waals surface area contributed by atoms with Crippen molar-refractivity contribution in [2.75, 3.05) is 0 Å². The average molecular weight is 189 g/mol. The third kappa shape index (κ3) is 2.04. The smallest absolute Gasteiger partial charge is 0.253 e. The zero-order valence-electron chi connectivity index (χ0n) is 6.43. The topological polar surface area (TPSA) is 17.1 Å². The van der Waals surface area contributed by atoms with Crippen LogP contribution in [0, 0.1) is 0 Å². The molecule has 1 rings (SSSR count). The van der Waals surface area contributed by atoms with Gasteiger partial charge in [0.2, 0.25) is 0 Å². The summed E-state index contributed by atoms with van der Waals surface area (Å²) in [4.78, 5) is 11.9. The predicted octanol–water partition coefficient (Wildman–Crippen LogP) is 3.25. The van der Waals surface area contributed by atoms with Gasteiger partial charge in [0, 0.05) is 15.8 Å². The Balaban J connectivity index is 2.90. The highest BCUT2D eigenvalue weighted by Crippen LogP contribution is 2.23. The molecule has 1 aromatic rings. The van der Waals surface area contributed by atoms with E-state index in [2.05, 4.69) is 13.8 Å². The third-order valence-electron chi connectivity index (χ3n) is 1.42. The Labute approximate surface area is 75.0 Å². The van der Waals surface area contributed by atoms with Crippen molar-refractivity contribution in [3.05, 3.63) is 21.9 Å². The zero-order valence-corrected chi connectivity index (χ0v) is 8.00. The van der Waals surface area contributed by atoms with Crippen LogP contribution in [0.1, 0.15) is 35.0 Å². The Morgan fingerprint density at radius 2 is 2.27 bits per heavy atom. The highest BCUT2D eigenvalue weighted by Gasteiger charge is 2.07. The van der Waals surface area contributed by atoms with E-state index in [1.165, 1.54) is 4.88 Å². The van der Waals surface area contributed by atoms with Crippen LogP contribution in [0.2, 0.25) is 0 Å². The van der Waals surface area contributed by atoms with Crippen LogP contribution in [0.25, 0.3) is 0 Å². The first-order valence-corrected chi connectivity index (χ1v) is 4.65. The molecule has 1 aromatic heterocycles. The maximum absolute atomic E-state index is 10.7. The lowest BCUT2D eigenvalue weighted by molar-refractivity contribution is 0.108. The summed E-state index contributed by atoms with van der Waals surface area (Å²) in [6.45, 7) is 4.18. The molecule has 0 N–H and O–H groups in total. The third-order valence-corrected chi connectivity index (χ3v) is 2.87. The predicted molar refractivity (Wildman–Crippen MR) is 48.6 cm³/mol. The minimum absolute atomic E-state index is 0.367. The average Bonchev–Trinajstić information content (AvgIpc) is 2.33. The fraction of sp³-hybridized carbons (Fsp3) is 0.375. The van der Waals surface area contributed by atoms with Gasteiger partial charge < -0.3 is 0 Å². The quantitative estimate of drug-likeness (QED) is 0.652. The molecule has 0 radical (unpaired) electrons. The number of carbonyl (C=O) groups is 1. The monoisotopic (exact) mass is 188 g/mol. The van der Waals surface area contributed by atoms with Gasteiger partial charge in [-0.3, -0.25) is 4.79 Å². The second-order valence-corrected chi connectivity index (χ2v) is 3.95. The van der Waals surface area contributed by atoms with Gasteiger partial charge in [0.05, 0.1) is 0 Å². The lowest BCUT2D eigenvalue weighted by atomic mass is 10.1. The van der Waals surface area contributed by atoms with E-state index in [-0.39, 0.29) is 5.24 Å². The Morgan fingerprint density at radius 3 is 2.55 bits per heavy atom. The van der Waals surface area contributed by atoms with E-state index in [4.69, 9.17) is 11.6 Å². The van der Waals surface area contributed by atoms with E-state index >= 15 is 0 Å². The molecule has 11 heavy (non-hydrogen) atoms. The molecule has 0 fully saturated rings. The fourth-order valence-electron chi connectivity index (χ4n) is 0.759. The molecule has 0 aliphatic carbocycles. The van der Waals surface area contributed by atoms with Gasteiger partial charge >= 0.3 is 0 Å². The highest BCUT2D eigenvalue weighted by molar-refractivity contribution is 7.10. The largest absolute Gasteiger partial charge is 0.276 e. The molecule has 0 unspecified atom stereocenters. The van der Waals surface area contributed by atoms with Crippen LogP contribution in [-0.4, -0.2) is 5.24 Å². The molecule has 60 valence electrons. The summed E-state index contributed by atoms with van der Waals surface area (Å²) in [7, 11) is 0. The van der Waals surface area contributed by atoms with Crippen LogP contribution in [0.3, 0.4) is 0 Å². The molecule has 3 heteroatoms. The number of hydrogen-bond donors (Lipinski definition) is 0. The van der Waals surface area contributed by atoms with Crippen molar-refractivity contribution >= 4 is 28.2 Å². The van der Waals surface area contributed by atoms with Gasteiger partial charge in [-0.05, 0) is 23.6 Å². The van der Waals surface area contributed by atoms with E-state index in [1.54, 1.807) is 16.7 Å². The van der Waals surface area contributed by atoms with Crippen molar-refractivity contribution in [2.45, 2.75) is 19.8 Å². The molecule has 0 saturated carbocycles. The molecular weight excluding hydrogens is 180 g/mol. The summed E-state index contributed by atoms with van der Waals surface area (Å²) in [5.41, 5.74) is 0.611. The van der Waals surface area contributed by atoms with E-state index in [1.807, 2.05) is 6.07 Å². The van der Waals surface area contributed by atoms with Crippen LogP contribution in [-0.2, 0) is 0 Å². The summed E-state index contributed by atoms with van der Waals surface area (Å²) < 4.78 is 0. The number of rotatable bonds is 2. The van der Waals surface area contributed by atoms with Crippen LogP contribution in [0.15, 0.2) is 11.4 Å². The van der Waals surface area contributed by atoms with Crippen LogP contribution < -0.4 is 0 Å². The van der Waals surface area contributed by atoms with Crippen LogP contribution in [0.5, 0.6) is 0 Å². The van der Waals surface area contributed by atoms with Crippen LogP contribution in [0.4, 0.5) is 0 Å². The minimum atomic E-state index is -0.367. The Morgan fingerprint density at radius 1 is 1.64 bits per heavy atom. The normalized spacial score (nSPS) is 10.5. The maximum atomic E-state index is 10.7. The van der Waals surface area contributed by atoms with Gasteiger partial charge in [0.1, 0.15) is 0 Å². The number of hydrogen-bond acceptors (Lipinski definition) is 2.